The minimum absolute atomic E-state index is 0.0159. The van der Waals surface area contributed by atoms with Crippen molar-refractivity contribution in [2.75, 3.05) is 6.61 Å². The summed E-state index contributed by atoms with van der Waals surface area (Å²) in [6.07, 6.45) is 0. The molecule has 0 atom stereocenters. The van der Waals surface area contributed by atoms with Crippen molar-refractivity contribution in [3.05, 3.63) is 34.4 Å². The molecule has 9 nitrogen and oxygen atoms in total. The summed E-state index contributed by atoms with van der Waals surface area (Å²) in [5.74, 6) is -0.877. The number of nitro groups is 1. The molecular formula is C11H11N3O6. The van der Waals surface area contributed by atoms with E-state index in [1.165, 1.54) is 30.3 Å². The molecule has 0 aliphatic rings. The van der Waals surface area contributed by atoms with Crippen molar-refractivity contribution < 1.29 is 24.8 Å². The SMILES string of the molecule is CCOC(=O)C(C#N)=NO.O=[N+]([O-])c1ccc(O)cc1. The second kappa shape index (κ2) is 8.87. The van der Waals surface area contributed by atoms with Crippen LogP contribution in [-0.2, 0) is 9.53 Å². The summed E-state index contributed by atoms with van der Waals surface area (Å²) in [5, 5.41) is 37.2. The lowest BCUT2D eigenvalue weighted by molar-refractivity contribution is -0.384. The number of aromatic hydroxyl groups is 1. The van der Waals surface area contributed by atoms with Crippen LogP contribution in [0.4, 0.5) is 5.69 Å². The fraction of sp³-hybridized carbons (Fsp3) is 0.182. The number of non-ortho nitro benzene ring substituents is 1. The van der Waals surface area contributed by atoms with Crippen molar-refractivity contribution in [2.45, 2.75) is 6.92 Å². The first-order chi connectivity index (χ1) is 9.46. The topological polar surface area (TPSA) is 146 Å². The van der Waals surface area contributed by atoms with E-state index in [4.69, 9.17) is 15.6 Å². The molecule has 20 heavy (non-hydrogen) atoms. The Bertz CT molecular complexity index is 532. The maximum absolute atomic E-state index is 10.5. The molecule has 0 spiro atoms. The zero-order valence-electron chi connectivity index (χ0n) is 10.4. The van der Waals surface area contributed by atoms with Crippen LogP contribution in [0.25, 0.3) is 0 Å². The smallest absolute Gasteiger partial charge is 0.371 e. The summed E-state index contributed by atoms with van der Waals surface area (Å²) in [6, 6.07) is 6.40. The number of oxime groups is 1. The number of phenols is 1. The molecule has 0 aliphatic heterocycles. The number of carbonyl (C=O) groups excluding carboxylic acids is 1. The number of esters is 1. The average Bonchev–Trinajstić information content (AvgIpc) is 2.41. The molecule has 0 saturated carbocycles. The molecule has 0 unspecified atom stereocenters. The van der Waals surface area contributed by atoms with E-state index in [0.717, 1.165) is 0 Å². The Morgan fingerprint density at radius 1 is 1.50 bits per heavy atom. The van der Waals surface area contributed by atoms with Crippen molar-refractivity contribution in [3.63, 3.8) is 0 Å². The highest BCUT2D eigenvalue weighted by Crippen LogP contribution is 2.14. The molecule has 0 amide bonds. The second-order valence-electron chi connectivity index (χ2n) is 3.05. The largest absolute Gasteiger partial charge is 0.508 e. The van der Waals surface area contributed by atoms with Crippen LogP contribution in [0.5, 0.6) is 5.75 Å². The monoisotopic (exact) mass is 281 g/mol. The number of hydrogen-bond acceptors (Lipinski definition) is 8. The molecule has 0 saturated heterocycles. The van der Waals surface area contributed by atoms with Crippen LogP contribution in [0.1, 0.15) is 6.92 Å². The summed E-state index contributed by atoms with van der Waals surface area (Å²) < 4.78 is 4.33. The van der Waals surface area contributed by atoms with E-state index >= 15 is 0 Å². The molecule has 9 heteroatoms. The Labute approximate surface area is 113 Å². The van der Waals surface area contributed by atoms with E-state index < -0.39 is 16.6 Å². The normalized spacial score (nSPS) is 9.70. The van der Waals surface area contributed by atoms with Crippen LogP contribution in [-0.4, -0.2) is 33.5 Å². The molecule has 0 bridgehead atoms. The molecule has 0 aromatic heterocycles. The Hall–Kier alpha value is -3.15. The van der Waals surface area contributed by atoms with Gasteiger partial charge in [-0.3, -0.25) is 10.1 Å². The van der Waals surface area contributed by atoms with Gasteiger partial charge in [0.25, 0.3) is 11.4 Å². The number of rotatable bonds is 3. The first-order valence-corrected chi connectivity index (χ1v) is 5.18. The zero-order valence-corrected chi connectivity index (χ0v) is 10.4. The first kappa shape index (κ1) is 16.9. The summed E-state index contributed by atoms with van der Waals surface area (Å²) in [6.45, 7) is 1.74. The first-order valence-electron chi connectivity index (χ1n) is 5.18. The number of nitro benzene ring substituents is 1. The zero-order chi connectivity index (χ0) is 15.5. The quantitative estimate of drug-likeness (QED) is 0.278. The van der Waals surface area contributed by atoms with Gasteiger partial charge in [-0.25, -0.2) is 4.79 Å². The number of benzene rings is 1. The van der Waals surface area contributed by atoms with Gasteiger partial charge in [-0.05, 0) is 19.1 Å². The Kier molecular flexibility index (Phi) is 7.47. The van der Waals surface area contributed by atoms with Crippen LogP contribution in [0.3, 0.4) is 0 Å². The number of nitrogens with zero attached hydrogens (tertiary/aromatic N) is 3. The highest BCUT2D eigenvalue weighted by atomic mass is 16.6. The Morgan fingerprint density at radius 3 is 2.40 bits per heavy atom. The average molecular weight is 281 g/mol. The van der Waals surface area contributed by atoms with Crippen LogP contribution in [0, 0.1) is 21.4 Å². The molecule has 1 aromatic carbocycles. The number of ether oxygens (including phenoxy) is 1. The predicted octanol–water partition coefficient (Wildman–Crippen LogP) is 1.20. The van der Waals surface area contributed by atoms with Crippen molar-refractivity contribution in [3.8, 4) is 11.8 Å². The van der Waals surface area contributed by atoms with Gasteiger partial charge in [-0.2, -0.15) is 5.26 Å². The van der Waals surface area contributed by atoms with Crippen LogP contribution in [0.2, 0.25) is 0 Å². The van der Waals surface area contributed by atoms with Crippen LogP contribution >= 0.6 is 0 Å². The lowest BCUT2D eigenvalue weighted by Crippen LogP contribution is -2.15. The molecule has 1 rings (SSSR count). The van der Waals surface area contributed by atoms with E-state index in [9.17, 15) is 14.9 Å². The maximum atomic E-state index is 10.5. The van der Waals surface area contributed by atoms with Gasteiger partial charge in [-0.15, -0.1) is 0 Å². The summed E-state index contributed by atoms with van der Waals surface area (Å²) >= 11 is 0. The highest BCUT2D eigenvalue weighted by molar-refractivity contribution is 6.42. The summed E-state index contributed by atoms with van der Waals surface area (Å²) in [4.78, 5) is 20.0. The molecular weight excluding hydrogens is 270 g/mol. The molecule has 0 heterocycles. The molecule has 0 radical (unpaired) electrons. The van der Waals surface area contributed by atoms with E-state index in [1.54, 1.807) is 6.92 Å². The highest BCUT2D eigenvalue weighted by Gasteiger charge is 2.10. The lowest BCUT2D eigenvalue weighted by Gasteiger charge is -1.94. The van der Waals surface area contributed by atoms with Crippen molar-refractivity contribution in [2.24, 2.45) is 5.16 Å². The molecule has 2 N–H and O–H groups in total. The van der Waals surface area contributed by atoms with Gasteiger partial charge in [0.05, 0.1) is 11.5 Å². The molecule has 1 aromatic rings. The minimum atomic E-state index is -0.910. The third-order valence-electron chi connectivity index (χ3n) is 1.74. The van der Waals surface area contributed by atoms with Crippen molar-refractivity contribution >= 4 is 17.4 Å². The van der Waals surface area contributed by atoms with Gasteiger partial charge in [0.2, 0.25) is 0 Å². The molecule has 0 aliphatic carbocycles. The van der Waals surface area contributed by atoms with E-state index in [0.29, 0.717) is 0 Å². The van der Waals surface area contributed by atoms with Crippen molar-refractivity contribution in [1.29, 1.82) is 5.26 Å². The fourth-order valence-corrected chi connectivity index (χ4v) is 0.883. The molecule has 106 valence electrons. The maximum Gasteiger partial charge on any atom is 0.371 e. The summed E-state index contributed by atoms with van der Waals surface area (Å²) in [5.41, 5.74) is -0.653. The fourth-order valence-electron chi connectivity index (χ4n) is 0.883. The predicted molar refractivity (Wildman–Crippen MR) is 66.2 cm³/mol. The standard InChI is InChI=1S/C6H5NO3.C5H6N2O3/c8-6-3-1-5(2-4-6)7(9)10;1-2-10-5(8)4(3-6)7-9/h1-4,8H;9H,2H2,1H3. The second-order valence-corrected chi connectivity index (χ2v) is 3.05. The number of carbonyl (C=O) groups is 1. The van der Waals surface area contributed by atoms with Gasteiger partial charge >= 0.3 is 5.97 Å². The number of hydrogen-bond donors (Lipinski definition) is 2. The third kappa shape index (κ3) is 5.97. The van der Waals surface area contributed by atoms with Gasteiger partial charge < -0.3 is 15.1 Å². The van der Waals surface area contributed by atoms with E-state index in [-0.39, 0.29) is 18.0 Å². The van der Waals surface area contributed by atoms with Crippen molar-refractivity contribution in [1.82, 2.24) is 0 Å². The third-order valence-corrected chi connectivity index (χ3v) is 1.74. The molecule has 0 fully saturated rings. The van der Waals surface area contributed by atoms with Gasteiger partial charge in [-0.1, -0.05) is 5.16 Å². The number of phenolic OH excluding ortho intramolecular Hbond substituents is 1. The van der Waals surface area contributed by atoms with Gasteiger partial charge in [0.15, 0.2) is 0 Å². The van der Waals surface area contributed by atoms with E-state index in [1.807, 2.05) is 0 Å². The van der Waals surface area contributed by atoms with Gasteiger partial charge in [0, 0.05) is 12.1 Å². The van der Waals surface area contributed by atoms with Gasteiger partial charge in [0.1, 0.15) is 11.8 Å². The Balaban J connectivity index is 0.000000361. The van der Waals surface area contributed by atoms with E-state index in [2.05, 4.69) is 9.89 Å². The Morgan fingerprint density at radius 2 is 2.05 bits per heavy atom. The van der Waals surface area contributed by atoms with Crippen LogP contribution < -0.4 is 0 Å². The number of nitriles is 1. The summed E-state index contributed by atoms with van der Waals surface area (Å²) in [7, 11) is 0. The minimum Gasteiger partial charge on any atom is -0.508 e. The lowest BCUT2D eigenvalue weighted by atomic mass is 10.3. The van der Waals surface area contributed by atoms with Crippen LogP contribution in [0.15, 0.2) is 29.4 Å².